The van der Waals surface area contributed by atoms with Crippen molar-refractivity contribution in [3.63, 3.8) is 0 Å². The minimum atomic E-state index is 0.569. The summed E-state index contributed by atoms with van der Waals surface area (Å²) in [4.78, 5) is 8.82. The van der Waals surface area contributed by atoms with Crippen LogP contribution < -0.4 is 10.6 Å². The third kappa shape index (κ3) is 2.89. The number of halogens is 2. The smallest absolute Gasteiger partial charge is 0.180 e. The topological polar surface area (TPSA) is 54.2 Å². The molecule has 0 aliphatic carbocycles. The van der Waals surface area contributed by atoms with E-state index in [1.54, 1.807) is 24.4 Å². The molecule has 2 aromatic heterocycles. The number of aromatic nitrogens is 3. The van der Waals surface area contributed by atoms with Crippen molar-refractivity contribution in [1.29, 1.82) is 0 Å². The molecule has 1 aromatic carbocycles. The summed E-state index contributed by atoms with van der Waals surface area (Å²) in [7, 11) is 0. The predicted molar refractivity (Wildman–Crippen MR) is 86.9 cm³/mol. The average molecular weight is 322 g/mol. The van der Waals surface area contributed by atoms with Gasteiger partial charge in [-0.2, -0.15) is 0 Å². The maximum Gasteiger partial charge on any atom is 0.180 e. The van der Waals surface area contributed by atoms with Crippen molar-refractivity contribution in [2.24, 2.45) is 0 Å². The summed E-state index contributed by atoms with van der Waals surface area (Å²) in [6.45, 7) is 2.80. The Labute approximate surface area is 131 Å². The molecule has 3 rings (SSSR count). The normalized spacial score (nSPS) is 10.8. The van der Waals surface area contributed by atoms with E-state index >= 15 is 0 Å². The van der Waals surface area contributed by atoms with Gasteiger partial charge in [-0.25, -0.2) is 9.97 Å². The van der Waals surface area contributed by atoms with Gasteiger partial charge < -0.3 is 15.0 Å². The van der Waals surface area contributed by atoms with Gasteiger partial charge in [-0.1, -0.05) is 23.2 Å². The molecule has 3 aromatic rings. The number of anilines is 3. The van der Waals surface area contributed by atoms with E-state index in [2.05, 4.69) is 20.6 Å². The van der Waals surface area contributed by atoms with Crippen molar-refractivity contribution in [1.82, 2.24) is 14.4 Å². The molecule has 0 spiro atoms. The molecule has 0 fully saturated rings. The first kappa shape index (κ1) is 14.0. The fourth-order valence-corrected chi connectivity index (χ4v) is 2.34. The fraction of sp³-hybridized carbons (Fsp3) is 0.143. The van der Waals surface area contributed by atoms with E-state index in [4.69, 9.17) is 23.2 Å². The molecule has 7 heteroatoms. The third-order valence-electron chi connectivity index (χ3n) is 2.91. The first-order valence-electron chi connectivity index (χ1n) is 6.47. The molecule has 21 heavy (non-hydrogen) atoms. The summed E-state index contributed by atoms with van der Waals surface area (Å²) < 4.78 is 1.89. The van der Waals surface area contributed by atoms with Crippen LogP contribution in [-0.4, -0.2) is 20.9 Å². The van der Waals surface area contributed by atoms with E-state index in [1.165, 1.54) is 0 Å². The highest BCUT2D eigenvalue weighted by Crippen LogP contribution is 2.29. The van der Waals surface area contributed by atoms with Crippen LogP contribution in [-0.2, 0) is 0 Å². The number of hydrogen-bond acceptors (Lipinski definition) is 4. The summed E-state index contributed by atoms with van der Waals surface area (Å²) in [6, 6.07) is 5.23. The Morgan fingerprint density at radius 1 is 1.29 bits per heavy atom. The molecule has 2 N–H and O–H groups in total. The number of benzene rings is 1. The van der Waals surface area contributed by atoms with Crippen LogP contribution in [0.5, 0.6) is 0 Å². The lowest BCUT2D eigenvalue weighted by molar-refractivity contribution is 1.09. The number of hydrogen-bond donors (Lipinski definition) is 2. The van der Waals surface area contributed by atoms with Crippen LogP contribution in [0.1, 0.15) is 6.92 Å². The van der Waals surface area contributed by atoms with E-state index in [9.17, 15) is 0 Å². The summed E-state index contributed by atoms with van der Waals surface area (Å²) >= 11 is 12.2. The molecule has 5 nitrogen and oxygen atoms in total. The SMILES string of the molecule is CCNc1cn2ccnc2c(Nc2cc(Cl)ccc2Cl)n1. The molecule has 108 valence electrons. The van der Waals surface area contributed by atoms with Crippen molar-refractivity contribution in [3.8, 4) is 0 Å². The lowest BCUT2D eigenvalue weighted by atomic mass is 10.3. The highest BCUT2D eigenvalue weighted by atomic mass is 35.5. The van der Waals surface area contributed by atoms with Crippen LogP contribution in [0.25, 0.3) is 5.65 Å². The second kappa shape index (κ2) is 5.79. The molecule has 0 radical (unpaired) electrons. The average Bonchev–Trinajstić information content (AvgIpc) is 2.92. The Hall–Kier alpha value is -1.98. The molecule has 0 aliphatic heterocycles. The van der Waals surface area contributed by atoms with E-state index in [-0.39, 0.29) is 0 Å². The number of imidazole rings is 1. The highest BCUT2D eigenvalue weighted by Gasteiger charge is 2.10. The second-order valence-corrected chi connectivity index (χ2v) is 5.26. The molecule has 0 unspecified atom stereocenters. The molecular weight excluding hydrogens is 309 g/mol. The molecule has 0 amide bonds. The van der Waals surface area contributed by atoms with Gasteiger partial charge in [-0.05, 0) is 25.1 Å². The van der Waals surface area contributed by atoms with Crippen molar-refractivity contribution in [2.45, 2.75) is 6.92 Å². The van der Waals surface area contributed by atoms with Crippen molar-refractivity contribution in [2.75, 3.05) is 17.2 Å². The zero-order valence-corrected chi connectivity index (χ0v) is 12.8. The second-order valence-electron chi connectivity index (χ2n) is 4.41. The first-order chi connectivity index (χ1) is 10.2. The molecule has 2 heterocycles. The van der Waals surface area contributed by atoms with Crippen molar-refractivity contribution >= 4 is 46.2 Å². The largest absolute Gasteiger partial charge is 0.369 e. The molecule has 0 saturated carbocycles. The number of nitrogens with zero attached hydrogens (tertiary/aromatic N) is 3. The molecule has 0 atom stereocenters. The Morgan fingerprint density at radius 3 is 2.95 bits per heavy atom. The number of rotatable bonds is 4. The van der Waals surface area contributed by atoms with Crippen molar-refractivity contribution < 1.29 is 0 Å². The van der Waals surface area contributed by atoms with Crippen LogP contribution in [0.15, 0.2) is 36.8 Å². The van der Waals surface area contributed by atoms with Gasteiger partial charge in [0, 0.05) is 24.0 Å². The molecule has 0 bridgehead atoms. The minimum Gasteiger partial charge on any atom is -0.369 e. The van der Waals surface area contributed by atoms with E-state index in [1.807, 2.05) is 23.7 Å². The minimum absolute atomic E-state index is 0.569. The van der Waals surface area contributed by atoms with Gasteiger partial charge in [0.2, 0.25) is 0 Å². The zero-order chi connectivity index (χ0) is 14.8. The molecular formula is C14H13Cl2N5. The summed E-state index contributed by atoms with van der Waals surface area (Å²) in [6.07, 6.45) is 5.47. The standard InChI is InChI=1S/C14H13Cl2N5/c1-2-17-12-8-21-6-5-18-14(21)13(20-12)19-11-7-9(15)3-4-10(11)16/h3-8,17H,2H2,1H3,(H,19,20). The van der Waals surface area contributed by atoms with Gasteiger partial charge in [-0.15, -0.1) is 0 Å². The monoisotopic (exact) mass is 321 g/mol. The van der Waals surface area contributed by atoms with E-state index in [0.717, 1.165) is 12.4 Å². The first-order valence-corrected chi connectivity index (χ1v) is 7.22. The third-order valence-corrected chi connectivity index (χ3v) is 3.48. The van der Waals surface area contributed by atoms with Crippen LogP contribution >= 0.6 is 23.2 Å². The van der Waals surface area contributed by atoms with Gasteiger partial charge in [-0.3, -0.25) is 0 Å². The zero-order valence-electron chi connectivity index (χ0n) is 11.3. The maximum atomic E-state index is 6.18. The molecule has 0 aliphatic rings. The fourth-order valence-electron chi connectivity index (χ4n) is 2.00. The molecule has 0 saturated heterocycles. The predicted octanol–water partition coefficient (Wildman–Crippen LogP) is 4.21. The van der Waals surface area contributed by atoms with Crippen LogP contribution in [0, 0.1) is 0 Å². The van der Waals surface area contributed by atoms with Gasteiger partial charge in [0.05, 0.1) is 16.9 Å². The Morgan fingerprint density at radius 2 is 2.14 bits per heavy atom. The van der Waals surface area contributed by atoms with Crippen LogP contribution in [0.4, 0.5) is 17.3 Å². The number of fused-ring (bicyclic) bond motifs is 1. The van der Waals surface area contributed by atoms with Gasteiger partial charge >= 0.3 is 0 Å². The highest BCUT2D eigenvalue weighted by molar-refractivity contribution is 6.35. The lowest BCUT2D eigenvalue weighted by Crippen LogP contribution is -2.05. The van der Waals surface area contributed by atoms with Gasteiger partial charge in [0.15, 0.2) is 11.5 Å². The Kier molecular flexibility index (Phi) is 3.86. The Balaban J connectivity index is 2.06. The quantitative estimate of drug-likeness (QED) is 0.755. The lowest BCUT2D eigenvalue weighted by Gasteiger charge is -2.11. The van der Waals surface area contributed by atoms with E-state index in [0.29, 0.717) is 27.2 Å². The van der Waals surface area contributed by atoms with Gasteiger partial charge in [0.1, 0.15) is 5.82 Å². The number of nitrogens with one attached hydrogen (secondary N) is 2. The maximum absolute atomic E-state index is 6.18. The summed E-state index contributed by atoms with van der Waals surface area (Å²) in [5.74, 6) is 1.37. The van der Waals surface area contributed by atoms with E-state index < -0.39 is 0 Å². The summed E-state index contributed by atoms with van der Waals surface area (Å²) in [5.41, 5.74) is 1.41. The van der Waals surface area contributed by atoms with Crippen LogP contribution in [0.3, 0.4) is 0 Å². The van der Waals surface area contributed by atoms with Crippen molar-refractivity contribution in [3.05, 3.63) is 46.8 Å². The Bertz CT molecular complexity index is 784. The van der Waals surface area contributed by atoms with Crippen LogP contribution in [0.2, 0.25) is 10.0 Å². The summed E-state index contributed by atoms with van der Waals surface area (Å²) in [5, 5.41) is 7.54. The van der Waals surface area contributed by atoms with Gasteiger partial charge in [0.25, 0.3) is 0 Å².